The Morgan fingerprint density at radius 1 is 1.07 bits per heavy atom. The lowest BCUT2D eigenvalue weighted by Gasteiger charge is -2.17. The topological polar surface area (TPSA) is 76.5 Å². The number of hydrogen-bond donors (Lipinski definition) is 1. The molecule has 30 heavy (non-hydrogen) atoms. The van der Waals surface area contributed by atoms with Crippen LogP contribution in [-0.4, -0.2) is 41.3 Å². The van der Waals surface area contributed by atoms with Crippen LogP contribution in [0.2, 0.25) is 0 Å². The van der Waals surface area contributed by atoms with E-state index in [9.17, 15) is 9.59 Å². The minimum absolute atomic E-state index is 0.00894. The fourth-order valence-corrected chi connectivity index (χ4v) is 3.73. The normalized spacial score (nSPS) is 16.0. The van der Waals surface area contributed by atoms with E-state index in [4.69, 9.17) is 4.74 Å². The molecule has 0 spiro atoms. The molecule has 1 saturated heterocycles. The molecule has 1 fully saturated rings. The molecule has 0 bridgehead atoms. The van der Waals surface area contributed by atoms with E-state index in [-0.39, 0.29) is 24.3 Å². The number of anilines is 1. The van der Waals surface area contributed by atoms with Gasteiger partial charge in [0.1, 0.15) is 5.75 Å². The van der Waals surface area contributed by atoms with Crippen LogP contribution in [0.4, 0.5) is 5.69 Å². The fraction of sp³-hybridized carbons (Fsp3) is 0.261. The van der Waals surface area contributed by atoms with Crippen molar-refractivity contribution in [2.24, 2.45) is 0 Å². The van der Waals surface area contributed by atoms with Crippen molar-refractivity contribution in [1.29, 1.82) is 0 Å². The molecule has 154 valence electrons. The summed E-state index contributed by atoms with van der Waals surface area (Å²) in [5, 5.41) is 7.43. The lowest BCUT2D eigenvalue weighted by atomic mass is 10.1. The minimum atomic E-state index is -0.234. The zero-order valence-corrected chi connectivity index (χ0v) is 17.3. The largest absolute Gasteiger partial charge is 0.497 e. The molecule has 1 unspecified atom stereocenters. The molecule has 0 saturated carbocycles. The zero-order valence-electron chi connectivity index (χ0n) is 17.3. The third kappa shape index (κ3) is 3.91. The summed E-state index contributed by atoms with van der Waals surface area (Å²) >= 11 is 0. The third-order valence-corrected chi connectivity index (χ3v) is 5.23. The van der Waals surface area contributed by atoms with Gasteiger partial charge in [0, 0.05) is 29.9 Å². The van der Waals surface area contributed by atoms with Gasteiger partial charge in [0.25, 0.3) is 5.91 Å². The fourth-order valence-electron chi connectivity index (χ4n) is 3.73. The molecule has 1 aliphatic heterocycles. The predicted molar refractivity (Wildman–Crippen MR) is 114 cm³/mol. The van der Waals surface area contributed by atoms with Crippen molar-refractivity contribution in [1.82, 2.24) is 15.1 Å². The van der Waals surface area contributed by atoms with Gasteiger partial charge in [-0.3, -0.25) is 9.59 Å². The Labute approximate surface area is 175 Å². The van der Waals surface area contributed by atoms with E-state index in [1.807, 2.05) is 61.0 Å². The SMILES string of the molecule is COc1ccc(N2CC(NC(=O)c3ccc(-n4nc(C)cc4C)cc3)CC2=O)cc1. The Morgan fingerprint density at radius 2 is 1.73 bits per heavy atom. The van der Waals surface area contributed by atoms with Crippen LogP contribution in [0, 0.1) is 13.8 Å². The maximum absolute atomic E-state index is 12.7. The van der Waals surface area contributed by atoms with Gasteiger partial charge in [-0.25, -0.2) is 4.68 Å². The molecule has 0 radical (unpaired) electrons. The van der Waals surface area contributed by atoms with Crippen molar-refractivity contribution in [2.45, 2.75) is 26.3 Å². The molecule has 1 atom stereocenters. The standard InChI is InChI=1S/C23H24N4O3/c1-15-12-16(2)27(25-15)20-6-4-17(5-7-20)23(29)24-18-13-22(28)26(14-18)19-8-10-21(30-3)11-9-19/h4-12,18H,13-14H2,1-3H3,(H,24,29). The Kier molecular flexibility index (Phi) is 5.27. The summed E-state index contributed by atoms with van der Waals surface area (Å²) in [6.45, 7) is 4.39. The van der Waals surface area contributed by atoms with Crippen molar-refractivity contribution in [2.75, 3.05) is 18.6 Å². The van der Waals surface area contributed by atoms with E-state index in [0.717, 1.165) is 28.5 Å². The summed E-state index contributed by atoms with van der Waals surface area (Å²) in [6.07, 6.45) is 0.279. The molecule has 1 aliphatic rings. The van der Waals surface area contributed by atoms with Gasteiger partial charge >= 0.3 is 0 Å². The number of benzene rings is 2. The molecule has 7 heteroatoms. The lowest BCUT2D eigenvalue weighted by Crippen LogP contribution is -2.37. The molecule has 7 nitrogen and oxygen atoms in total. The van der Waals surface area contributed by atoms with Crippen LogP contribution in [0.25, 0.3) is 5.69 Å². The first-order chi connectivity index (χ1) is 14.4. The Bertz CT molecular complexity index is 1070. The van der Waals surface area contributed by atoms with Crippen LogP contribution in [0.3, 0.4) is 0 Å². The van der Waals surface area contributed by atoms with E-state index in [0.29, 0.717) is 12.1 Å². The van der Waals surface area contributed by atoms with E-state index in [2.05, 4.69) is 10.4 Å². The summed E-state index contributed by atoms with van der Waals surface area (Å²) in [6, 6.07) is 16.4. The van der Waals surface area contributed by atoms with Crippen LogP contribution < -0.4 is 15.0 Å². The average molecular weight is 404 g/mol. The van der Waals surface area contributed by atoms with Crippen molar-refractivity contribution >= 4 is 17.5 Å². The number of carbonyl (C=O) groups is 2. The molecule has 1 N–H and O–H groups in total. The molecular formula is C23H24N4O3. The van der Waals surface area contributed by atoms with Gasteiger partial charge in [-0.15, -0.1) is 0 Å². The van der Waals surface area contributed by atoms with E-state index in [1.54, 1.807) is 24.1 Å². The monoisotopic (exact) mass is 404 g/mol. The number of aromatic nitrogens is 2. The van der Waals surface area contributed by atoms with E-state index < -0.39 is 0 Å². The summed E-state index contributed by atoms with van der Waals surface area (Å²) < 4.78 is 7.01. The van der Waals surface area contributed by atoms with Gasteiger partial charge < -0.3 is 15.0 Å². The molecular weight excluding hydrogens is 380 g/mol. The number of nitrogens with zero attached hydrogens (tertiary/aromatic N) is 3. The molecule has 0 aliphatic carbocycles. The average Bonchev–Trinajstić information content (AvgIpc) is 3.28. The van der Waals surface area contributed by atoms with Crippen LogP contribution >= 0.6 is 0 Å². The molecule has 2 heterocycles. The third-order valence-electron chi connectivity index (χ3n) is 5.23. The lowest BCUT2D eigenvalue weighted by molar-refractivity contribution is -0.117. The molecule has 2 amide bonds. The quantitative estimate of drug-likeness (QED) is 0.709. The minimum Gasteiger partial charge on any atom is -0.497 e. The van der Waals surface area contributed by atoms with Crippen LogP contribution in [0.5, 0.6) is 5.75 Å². The summed E-state index contributed by atoms with van der Waals surface area (Å²) in [5.41, 5.74) is 4.23. The van der Waals surface area contributed by atoms with Crippen LogP contribution in [-0.2, 0) is 4.79 Å². The second-order valence-corrected chi connectivity index (χ2v) is 7.46. The molecule has 3 aromatic rings. The second kappa shape index (κ2) is 8.02. The van der Waals surface area contributed by atoms with Crippen molar-refractivity contribution in [3.05, 3.63) is 71.5 Å². The van der Waals surface area contributed by atoms with E-state index >= 15 is 0 Å². The number of ether oxygens (including phenoxy) is 1. The maximum Gasteiger partial charge on any atom is 0.251 e. The summed E-state index contributed by atoms with van der Waals surface area (Å²) in [4.78, 5) is 26.8. The highest BCUT2D eigenvalue weighted by molar-refractivity contribution is 5.99. The van der Waals surface area contributed by atoms with Gasteiger partial charge in [-0.2, -0.15) is 5.10 Å². The number of rotatable bonds is 5. The number of amides is 2. The summed E-state index contributed by atoms with van der Waals surface area (Å²) in [5.74, 6) is 0.536. The first-order valence-corrected chi connectivity index (χ1v) is 9.83. The smallest absolute Gasteiger partial charge is 0.251 e. The maximum atomic E-state index is 12.7. The van der Waals surface area contributed by atoms with Crippen LogP contribution in [0.1, 0.15) is 28.2 Å². The molecule has 2 aromatic carbocycles. The van der Waals surface area contributed by atoms with Crippen molar-refractivity contribution < 1.29 is 14.3 Å². The van der Waals surface area contributed by atoms with Gasteiger partial charge in [0.2, 0.25) is 5.91 Å². The van der Waals surface area contributed by atoms with Crippen molar-refractivity contribution in [3.8, 4) is 11.4 Å². The highest BCUT2D eigenvalue weighted by Crippen LogP contribution is 2.24. The number of nitrogens with one attached hydrogen (secondary N) is 1. The Hall–Kier alpha value is -3.61. The Morgan fingerprint density at radius 3 is 2.33 bits per heavy atom. The van der Waals surface area contributed by atoms with Gasteiger partial charge in [0.15, 0.2) is 0 Å². The number of methoxy groups -OCH3 is 1. The highest BCUT2D eigenvalue weighted by Gasteiger charge is 2.31. The first-order valence-electron chi connectivity index (χ1n) is 9.83. The second-order valence-electron chi connectivity index (χ2n) is 7.46. The van der Waals surface area contributed by atoms with Crippen LogP contribution in [0.15, 0.2) is 54.6 Å². The van der Waals surface area contributed by atoms with Gasteiger partial charge in [0.05, 0.1) is 24.5 Å². The number of aryl methyl sites for hydroxylation is 2. The zero-order chi connectivity index (χ0) is 21.3. The first kappa shape index (κ1) is 19.7. The highest BCUT2D eigenvalue weighted by atomic mass is 16.5. The van der Waals surface area contributed by atoms with Gasteiger partial charge in [-0.05, 0) is 68.4 Å². The Balaban J connectivity index is 1.41. The van der Waals surface area contributed by atoms with Crippen molar-refractivity contribution in [3.63, 3.8) is 0 Å². The predicted octanol–water partition coefficient (Wildman–Crippen LogP) is 3.03. The molecule has 1 aromatic heterocycles. The van der Waals surface area contributed by atoms with Gasteiger partial charge in [-0.1, -0.05) is 0 Å². The molecule has 4 rings (SSSR count). The number of hydrogen-bond acceptors (Lipinski definition) is 4. The summed E-state index contributed by atoms with van der Waals surface area (Å²) in [7, 11) is 1.60. The van der Waals surface area contributed by atoms with E-state index in [1.165, 1.54) is 0 Å². The number of carbonyl (C=O) groups excluding carboxylic acids is 2.